The van der Waals surface area contributed by atoms with E-state index in [2.05, 4.69) is 10.6 Å². The summed E-state index contributed by atoms with van der Waals surface area (Å²) in [6.45, 7) is 0.370. The van der Waals surface area contributed by atoms with Crippen molar-refractivity contribution < 1.29 is 14.3 Å². The highest BCUT2D eigenvalue weighted by atomic mass is 35.5. The Morgan fingerprint density at radius 3 is 2.71 bits per heavy atom. The van der Waals surface area contributed by atoms with E-state index in [1.807, 2.05) is 12.1 Å². The molecule has 0 aliphatic carbocycles. The molecule has 7 heteroatoms. The number of anilines is 1. The molecule has 0 aliphatic rings. The van der Waals surface area contributed by atoms with Gasteiger partial charge in [0.25, 0.3) is 0 Å². The van der Waals surface area contributed by atoms with Crippen LogP contribution in [-0.2, 0) is 6.54 Å². The summed E-state index contributed by atoms with van der Waals surface area (Å²) >= 11 is 7.22. The van der Waals surface area contributed by atoms with Crippen LogP contribution >= 0.6 is 22.9 Å². The van der Waals surface area contributed by atoms with Gasteiger partial charge in [-0.1, -0.05) is 11.6 Å². The first-order valence-electron chi connectivity index (χ1n) is 7.22. The smallest absolute Gasteiger partial charge is 0.319 e. The van der Waals surface area contributed by atoms with Crippen molar-refractivity contribution in [3.05, 3.63) is 75.3 Å². The van der Waals surface area contributed by atoms with E-state index in [4.69, 9.17) is 16.0 Å². The lowest BCUT2D eigenvalue weighted by atomic mass is 10.2. The van der Waals surface area contributed by atoms with Crippen molar-refractivity contribution in [3.8, 4) is 0 Å². The molecule has 124 valence electrons. The Bertz CT molecular complexity index is 800. The third-order valence-corrected chi connectivity index (χ3v) is 4.68. The van der Waals surface area contributed by atoms with E-state index in [-0.39, 0.29) is 6.03 Å². The molecule has 2 heterocycles. The normalized spacial score (nSPS) is 11.9. The van der Waals surface area contributed by atoms with Gasteiger partial charge in [-0.2, -0.15) is 0 Å². The van der Waals surface area contributed by atoms with E-state index in [9.17, 15) is 9.90 Å². The minimum atomic E-state index is -0.790. The molecule has 24 heavy (non-hydrogen) atoms. The number of amides is 2. The van der Waals surface area contributed by atoms with E-state index in [0.29, 0.717) is 23.0 Å². The molecule has 0 spiro atoms. The second-order valence-electron chi connectivity index (χ2n) is 5.04. The number of hydrogen-bond donors (Lipinski definition) is 3. The minimum absolute atomic E-state index is 0.307. The molecule has 3 aromatic rings. The third kappa shape index (κ3) is 4.17. The van der Waals surface area contributed by atoms with Gasteiger partial charge in [0, 0.05) is 20.5 Å². The van der Waals surface area contributed by atoms with Gasteiger partial charge in [-0.05, 0) is 48.5 Å². The van der Waals surface area contributed by atoms with Gasteiger partial charge in [-0.15, -0.1) is 11.3 Å². The number of carbonyl (C=O) groups excluding carboxylic acids is 1. The minimum Gasteiger partial charge on any atom is -0.466 e. The van der Waals surface area contributed by atoms with Crippen molar-refractivity contribution in [1.29, 1.82) is 0 Å². The predicted molar refractivity (Wildman–Crippen MR) is 94.4 cm³/mol. The largest absolute Gasteiger partial charge is 0.466 e. The molecule has 2 amide bonds. The van der Waals surface area contributed by atoms with Gasteiger partial charge in [-0.25, -0.2) is 4.79 Å². The van der Waals surface area contributed by atoms with Crippen LogP contribution < -0.4 is 10.6 Å². The standard InChI is InChI=1S/C17H15ClN2O3S/c18-11-3-5-12(6-4-11)20-17(22)19-10-13-7-8-15(24-13)16(21)14-2-1-9-23-14/h1-9,16,21H,10H2,(H2,19,20,22). The number of thiophene rings is 1. The fraction of sp³-hybridized carbons (Fsp3) is 0.118. The number of nitrogens with one attached hydrogen (secondary N) is 2. The summed E-state index contributed by atoms with van der Waals surface area (Å²) in [5.74, 6) is 0.497. The molecule has 3 rings (SSSR count). The first-order chi connectivity index (χ1) is 11.6. The zero-order chi connectivity index (χ0) is 16.9. The highest BCUT2D eigenvalue weighted by Crippen LogP contribution is 2.28. The quantitative estimate of drug-likeness (QED) is 0.629. The summed E-state index contributed by atoms with van der Waals surface area (Å²) < 4.78 is 5.20. The maximum absolute atomic E-state index is 11.9. The second kappa shape index (κ2) is 7.53. The fourth-order valence-electron chi connectivity index (χ4n) is 2.10. The number of halogens is 1. The van der Waals surface area contributed by atoms with E-state index in [0.717, 1.165) is 9.75 Å². The summed E-state index contributed by atoms with van der Waals surface area (Å²) in [6, 6.07) is 13.7. The van der Waals surface area contributed by atoms with Crippen LogP contribution in [0.5, 0.6) is 0 Å². The number of aliphatic hydroxyl groups excluding tert-OH is 1. The topological polar surface area (TPSA) is 74.5 Å². The molecule has 0 radical (unpaired) electrons. The second-order valence-corrected chi connectivity index (χ2v) is 6.67. The van der Waals surface area contributed by atoms with E-state index >= 15 is 0 Å². The van der Waals surface area contributed by atoms with Crippen LogP contribution in [0.3, 0.4) is 0 Å². The lowest BCUT2D eigenvalue weighted by Gasteiger charge is -2.07. The zero-order valence-electron chi connectivity index (χ0n) is 12.5. The van der Waals surface area contributed by atoms with E-state index < -0.39 is 6.10 Å². The van der Waals surface area contributed by atoms with Crippen LogP contribution in [0.2, 0.25) is 5.02 Å². The maximum Gasteiger partial charge on any atom is 0.319 e. The zero-order valence-corrected chi connectivity index (χ0v) is 14.1. The van der Waals surface area contributed by atoms with Gasteiger partial charge in [0.1, 0.15) is 11.9 Å². The van der Waals surface area contributed by atoms with Crippen LogP contribution in [0.1, 0.15) is 21.6 Å². The van der Waals surface area contributed by atoms with Crippen molar-refractivity contribution in [2.75, 3.05) is 5.32 Å². The Hall–Kier alpha value is -2.28. The molecule has 2 aromatic heterocycles. The number of benzene rings is 1. The van der Waals surface area contributed by atoms with Gasteiger partial charge < -0.3 is 20.2 Å². The summed E-state index contributed by atoms with van der Waals surface area (Å²) in [5.41, 5.74) is 0.664. The average molecular weight is 363 g/mol. The molecule has 0 saturated heterocycles. The Labute approximate surface area is 147 Å². The number of rotatable bonds is 5. The molecule has 0 aliphatic heterocycles. The van der Waals surface area contributed by atoms with Gasteiger partial charge >= 0.3 is 6.03 Å². The highest BCUT2D eigenvalue weighted by molar-refractivity contribution is 7.12. The Morgan fingerprint density at radius 2 is 2.00 bits per heavy atom. The number of hydrogen-bond acceptors (Lipinski definition) is 4. The van der Waals surface area contributed by atoms with Gasteiger partial charge in [0.15, 0.2) is 0 Å². The maximum atomic E-state index is 11.9. The SMILES string of the molecule is O=C(NCc1ccc(C(O)c2ccco2)s1)Nc1ccc(Cl)cc1. The summed E-state index contributed by atoms with van der Waals surface area (Å²) in [7, 11) is 0. The molecule has 0 bridgehead atoms. The van der Waals surface area contributed by atoms with Crippen LogP contribution in [0.15, 0.2) is 59.2 Å². The van der Waals surface area contributed by atoms with Crippen molar-refractivity contribution >= 4 is 34.7 Å². The number of furan rings is 1. The van der Waals surface area contributed by atoms with Crippen molar-refractivity contribution in [2.45, 2.75) is 12.6 Å². The molecule has 0 saturated carbocycles. The van der Waals surface area contributed by atoms with Crippen molar-refractivity contribution in [2.24, 2.45) is 0 Å². The van der Waals surface area contributed by atoms with Gasteiger partial charge in [0.05, 0.1) is 12.8 Å². The summed E-state index contributed by atoms with van der Waals surface area (Å²) in [4.78, 5) is 13.6. The monoisotopic (exact) mass is 362 g/mol. The Morgan fingerprint density at radius 1 is 1.21 bits per heavy atom. The summed E-state index contributed by atoms with van der Waals surface area (Å²) in [5, 5.41) is 16.3. The molecule has 1 atom stereocenters. The Balaban J connectivity index is 1.53. The highest BCUT2D eigenvalue weighted by Gasteiger charge is 2.15. The molecule has 3 N–H and O–H groups in total. The van der Waals surface area contributed by atoms with Crippen molar-refractivity contribution in [3.63, 3.8) is 0 Å². The third-order valence-electron chi connectivity index (χ3n) is 3.29. The van der Waals surface area contributed by atoms with Gasteiger partial charge in [-0.3, -0.25) is 0 Å². The predicted octanol–water partition coefficient (Wildman–Crippen LogP) is 4.40. The molecular formula is C17H15ClN2O3S. The first kappa shape index (κ1) is 16.6. The lowest BCUT2D eigenvalue weighted by Crippen LogP contribution is -2.27. The number of urea groups is 1. The van der Waals surface area contributed by atoms with Gasteiger partial charge in [0.2, 0.25) is 0 Å². The van der Waals surface area contributed by atoms with Crippen LogP contribution in [0.4, 0.5) is 10.5 Å². The lowest BCUT2D eigenvalue weighted by molar-refractivity contribution is 0.193. The molecule has 1 unspecified atom stereocenters. The molecular weight excluding hydrogens is 348 g/mol. The average Bonchev–Trinajstić information content (AvgIpc) is 3.26. The molecule has 0 fully saturated rings. The number of carbonyl (C=O) groups is 1. The number of aliphatic hydroxyl groups is 1. The van der Waals surface area contributed by atoms with E-state index in [1.165, 1.54) is 17.6 Å². The molecule has 1 aromatic carbocycles. The summed E-state index contributed by atoms with van der Waals surface area (Å²) in [6.07, 6.45) is 0.733. The van der Waals surface area contributed by atoms with Crippen LogP contribution in [0, 0.1) is 0 Å². The van der Waals surface area contributed by atoms with Crippen molar-refractivity contribution in [1.82, 2.24) is 5.32 Å². The molecule has 5 nitrogen and oxygen atoms in total. The Kier molecular flexibility index (Phi) is 5.20. The van der Waals surface area contributed by atoms with Crippen LogP contribution in [0.25, 0.3) is 0 Å². The van der Waals surface area contributed by atoms with E-state index in [1.54, 1.807) is 36.4 Å². The first-order valence-corrected chi connectivity index (χ1v) is 8.42. The fourth-order valence-corrected chi connectivity index (χ4v) is 3.17. The van der Waals surface area contributed by atoms with Crippen LogP contribution in [-0.4, -0.2) is 11.1 Å².